The second-order valence-electron chi connectivity index (χ2n) is 8.46. The number of aryl methyl sites for hydroxylation is 1. The summed E-state index contributed by atoms with van der Waals surface area (Å²) in [6, 6.07) is 10.8. The lowest BCUT2D eigenvalue weighted by atomic mass is 9.99. The molecule has 0 fully saturated rings. The largest absolute Gasteiger partial charge is 0.419 e. The summed E-state index contributed by atoms with van der Waals surface area (Å²) >= 11 is 0. The van der Waals surface area contributed by atoms with Gasteiger partial charge >= 0.3 is 6.18 Å². The minimum absolute atomic E-state index is 0.0362. The van der Waals surface area contributed by atoms with Crippen molar-refractivity contribution in [2.75, 3.05) is 11.1 Å². The summed E-state index contributed by atoms with van der Waals surface area (Å²) in [5, 5.41) is 10.7. The zero-order valence-corrected chi connectivity index (χ0v) is 19.8. The molecule has 0 aliphatic heterocycles. The van der Waals surface area contributed by atoms with Crippen LogP contribution in [0.4, 0.5) is 24.8 Å². The van der Waals surface area contributed by atoms with E-state index in [4.69, 9.17) is 16.5 Å². The Bertz CT molecular complexity index is 1660. The van der Waals surface area contributed by atoms with E-state index in [-0.39, 0.29) is 29.7 Å². The Labute approximate surface area is 213 Å². The molecule has 0 radical (unpaired) electrons. The number of aromatic amines is 1. The second-order valence-corrected chi connectivity index (χ2v) is 8.46. The number of anilines is 2. The van der Waals surface area contributed by atoms with Crippen LogP contribution in [0.1, 0.15) is 27.2 Å². The quantitative estimate of drug-likeness (QED) is 0.261. The van der Waals surface area contributed by atoms with Crippen molar-refractivity contribution in [2.45, 2.75) is 19.6 Å². The van der Waals surface area contributed by atoms with Crippen LogP contribution in [0.15, 0.2) is 55.0 Å². The maximum atomic E-state index is 12.7. The van der Waals surface area contributed by atoms with Gasteiger partial charge in [0.2, 0.25) is 5.95 Å². The number of H-pyrrole nitrogens is 1. The number of alkyl halides is 3. The minimum atomic E-state index is -4.52. The van der Waals surface area contributed by atoms with Gasteiger partial charge in [-0.15, -0.1) is 0 Å². The van der Waals surface area contributed by atoms with Gasteiger partial charge in [-0.25, -0.2) is 19.9 Å². The van der Waals surface area contributed by atoms with E-state index in [1.807, 2.05) is 19.1 Å². The molecule has 0 atom stereocenters. The second kappa shape index (κ2) is 9.42. The van der Waals surface area contributed by atoms with E-state index >= 15 is 0 Å². The molecule has 38 heavy (non-hydrogen) atoms. The van der Waals surface area contributed by atoms with Crippen molar-refractivity contribution in [2.24, 2.45) is 5.73 Å². The van der Waals surface area contributed by atoms with E-state index in [1.165, 1.54) is 0 Å². The Kier molecular flexibility index (Phi) is 6.11. The lowest BCUT2D eigenvalue weighted by Gasteiger charge is -2.14. The first kappa shape index (κ1) is 24.6. The van der Waals surface area contributed by atoms with Crippen molar-refractivity contribution in [3.8, 4) is 22.6 Å². The van der Waals surface area contributed by atoms with E-state index in [9.17, 15) is 18.0 Å². The van der Waals surface area contributed by atoms with Crippen LogP contribution >= 0.6 is 0 Å². The number of nitrogens with two attached hydrogens (primary N) is 2. The van der Waals surface area contributed by atoms with Gasteiger partial charge in [0.05, 0.1) is 28.7 Å². The monoisotopic (exact) mass is 519 g/mol. The Balaban J connectivity index is 1.51. The van der Waals surface area contributed by atoms with Crippen LogP contribution in [0.25, 0.3) is 33.5 Å². The zero-order valence-electron chi connectivity index (χ0n) is 19.8. The third kappa shape index (κ3) is 4.68. The van der Waals surface area contributed by atoms with Crippen LogP contribution in [0.3, 0.4) is 0 Å². The number of primary amides is 1. The predicted molar refractivity (Wildman–Crippen MR) is 135 cm³/mol. The first-order chi connectivity index (χ1) is 18.1. The number of nitrogens with zero attached hydrogens (tertiary/aromatic N) is 5. The number of carbonyl (C=O) groups excluding carboxylic acids is 1. The Hall–Kier alpha value is -5.07. The number of aromatic nitrogens is 6. The van der Waals surface area contributed by atoms with Crippen molar-refractivity contribution in [3.63, 3.8) is 0 Å². The first-order valence-corrected chi connectivity index (χ1v) is 11.2. The standard InChI is InChI=1S/C25H20F3N9O/c1-12-5-6-17-16(11-34-37-17)18(12)20-19(29)21(22(30)38)36-23(35-20)14-4-2-3-13(7-14)8-31-24-32-9-15(10-33-24)25(26,27)28/h2-7,9-11H,8,29H2,1H3,(H2,30,38)(H,34,37)(H,31,32,33). The van der Waals surface area contributed by atoms with Crippen molar-refractivity contribution >= 4 is 28.4 Å². The summed E-state index contributed by atoms with van der Waals surface area (Å²) in [6.07, 6.45) is -1.44. The van der Waals surface area contributed by atoms with Gasteiger partial charge in [0.15, 0.2) is 11.5 Å². The third-order valence-corrected chi connectivity index (χ3v) is 5.86. The highest BCUT2D eigenvalue weighted by Gasteiger charge is 2.31. The molecule has 5 aromatic rings. The highest BCUT2D eigenvalue weighted by Crippen LogP contribution is 2.36. The lowest BCUT2D eigenvalue weighted by Crippen LogP contribution is -2.18. The Morgan fingerprint density at radius 1 is 1.08 bits per heavy atom. The highest BCUT2D eigenvalue weighted by molar-refractivity contribution is 6.04. The van der Waals surface area contributed by atoms with Crippen molar-refractivity contribution in [3.05, 3.63) is 77.4 Å². The molecule has 3 aromatic heterocycles. The minimum Gasteiger partial charge on any atom is -0.395 e. The molecular weight excluding hydrogens is 499 g/mol. The third-order valence-electron chi connectivity index (χ3n) is 5.86. The molecule has 10 nitrogen and oxygen atoms in total. The molecule has 6 N–H and O–H groups in total. The molecule has 192 valence electrons. The summed E-state index contributed by atoms with van der Waals surface area (Å²) in [4.78, 5) is 28.7. The summed E-state index contributed by atoms with van der Waals surface area (Å²) in [5.74, 6) is -0.550. The van der Waals surface area contributed by atoms with Gasteiger partial charge in [-0.1, -0.05) is 24.3 Å². The van der Waals surface area contributed by atoms with Gasteiger partial charge in [0, 0.05) is 35.5 Å². The number of hydrogen-bond donors (Lipinski definition) is 4. The molecule has 0 bridgehead atoms. The lowest BCUT2D eigenvalue weighted by molar-refractivity contribution is -0.138. The molecule has 0 spiro atoms. The number of rotatable bonds is 6. The maximum Gasteiger partial charge on any atom is 0.419 e. The summed E-state index contributed by atoms with van der Waals surface area (Å²) in [7, 11) is 0. The summed E-state index contributed by atoms with van der Waals surface area (Å²) in [5.41, 5.74) is 14.9. The number of nitrogen functional groups attached to an aromatic ring is 1. The van der Waals surface area contributed by atoms with Crippen molar-refractivity contribution < 1.29 is 18.0 Å². The van der Waals surface area contributed by atoms with Crippen LogP contribution in [-0.2, 0) is 12.7 Å². The fourth-order valence-electron chi connectivity index (χ4n) is 3.98. The molecule has 2 aromatic carbocycles. The van der Waals surface area contributed by atoms with Gasteiger partial charge in [-0.05, 0) is 30.2 Å². The molecule has 0 saturated heterocycles. The molecule has 1 amide bonds. The predicted octanol–water partition coefficient (Wildman–Crippen LogP) is 4.10. The molecule has 0 saturated carbocycles. The SMILES string of the molecule is Cc1ccc2[nH]ncc2c1-c1nc(-c2cccc(CNc3ncc(C(F)(F)F)cn3)c2)nc(C(N)=O)c1N. The average Bonchev–Trinajstić information content (AvgIpc) is 3.36. The van der Waals surface area contributed by atoms with Crippen LogP contribution in [0, 0.1) is 6.92 Å². The number of halogens is 3. The summed E-state index contributed by atoms with van der Waals surface area (Å²) < 4.78 is 38.2. The van der Waals surface area contributed by atoms with Gasteiger partial charge < -0.3 is 16.8 Å². The molecular formula is C25H20F3N9O. The van der Waals surface area contributed by atoms with E-state index in [0.717, 1.165) is 22.0 Å². The number of hydrogen-bond acceptors (Lipinski definition) is 8. The average molecular weight is 519 g/mol. The van der Waals surface area contributed by atoms with Crippen LogP contribution < -0.4 is 16.8 Å². The van der Waals surface area contributed by atoms with Crippen LogP contribution in [0.2, 0.25) is 0 Å². The number of fused-ring (bicyclic) bond motifs is 1. The normalized spacial score (nSPS) is 11.6. The van der Waals surface area contributed by atoms with Gasteiger partial charge in [-0.3, -0.25) is 9.89 Å². The fraction of sp³-hybridized carbons (Fsp3) is 0.120. The van der Waals surface area contributed by atoms with Gasteiger partial charge in [0.25, 0.3) is 5.91 Å². The molecule has 3 heterocycles. The summed E-state index contributed by atoms with van der Waals surface area (Å²) in [6.45, 7) is 2.10. The van der Waals surface area contributed by atoms with Crippen molar-refractivity contribution in [1.82, 2.24) is 30.1 Å². The van der Waals surface area contributed by atoms with Gasteiger partial charge in [0.1, 0.15) is 0 Å². The number of nitrogens with one attached hydrogen (secondary N) is 2. The van der Waals surface area contributed by atoms with E-state index in [2.05, 4.69) is 30.5 Å². The molecule has 5 rings (SSSR count). The molecule has 13 heteroatoms. The van der Waals surface area contributed by atoms with E-state index in [1.54, 1.807) is 30.5 Å². The molecule has 0 aliphatic carbocycles. The highest BCUT2D eigenvalue weighted by atomic mass is 19.4. The fourth-order valence-corrected chi connectivity index (χ4v) is 3.98. The smallest absolute Gasteiger partial charge is 0.395 e. The van der Waals surface area contributed by atoms with E-state index in [0.29, 0.717) is 29.2 Å². The van der Waals surface area contributed by atoms with Crippen molar-refractivity contribution in [1.29, 1.82) is 0 Å². The van der Waals surface area contributed by atoms with Gasteiger partial charge in [-0.2, -0.15) is 18.3 Å². The first-order valence-electron chi connectivity index (χ1n) is 11.2. The Morgan fingerprint density at radius 2 is 1.84 bits per heavy atom. The number of amides is 1. The Morgan fingerprint density at radius 3 is 2.55 bits per heavy atom. The number of benzene rings is 2. The zero-order chi connectivity index (χ0) is 27.0. The van der Waals surface area contributed by atoms with Crippen LogP contribution in [0.5, 0.6) is 0 Å². The number of carbonyl (C=O) groups is 1. The topological polar surface area (TPSA) is 161 Å². The maximum absolute atomic E-state index is 12.7. The van der Waals surface area contributed by atoms with E-state index < -0.39 is 17.6 Å². The molecule has 0 unspecified atom stereocenters. The van der Waals surface area contributed by atoms with Crippen LogP contribution in [-0.4, -0.2) is 36.0 Å². The molecule has 0 aliphatic rings.